The molecule has 1 heterocycles. The molecule has 0 spiro atoms. The predicted molar refractivity (Wildman–Crippen MR) is 78.7 cm³/mol. The van der Waals surface area contributed by atoms with Crippen molar-refractivity contribution in [2.75, 3.05) is 13.2 Å². The fourth-order valence-electron chi connectivity index (χ4n) is 2.13. The highest BCUT2D eigenvalue weighted by atomic mass is 16.7. The minimum Gasteiger partial charge on any atom is -0.459 e. The lowest BCUT2D eigenvalue weighted by molar-refractivity contribution is -0.268. The second kappa shape index (κ2) is 6.56. The monoisotopic (exact) mass is 307 g/mol. The van der Waals surface area contributed by atoms with Gasteiger partial charge in [0.1, 0.15) is 6.61 Å². The van der Waals surface area contributed by atoms with Crippen molar-refractivity contribution in [3.05, 3.63) is 35.9 Å². The molecule has 6 nitrogen and oxygen atoms in total. The maximum atomic E-state index is 12.2. The summed E-state index contributed by atoms with van der Waals surface area (Å²) in [6.07, 6.45) is 0.413. The summed E-state index contributed by atoms with van der Waals surface area (Å²) < 4.78 is 16.1. The first-order valence-corrected chi connectivity index (χ1v) is 7.11. The van der Waals surface area contributed by atoms with Crippen molar-refractivity contribution in [1.82, 2.24) is 0 Å². The van der Waals surface area contributed by atoms with E-state index < -0.39 is 23.2 Å². The number of hydrogen-bond donors (Lipinski definition) is 1. The van der Waals surface area contributed by atoms with Gasteiger partial charge in [-0.05, 0) is 19.4 Å². The van der Waals surface area contributed by atoms with Gasteiger partial charge in [0.2, 0.25) is 0 Å². The van der Waals surface area contributed by atoms with Gasteiger partial charge in [0.05, 0.1) is 13.2 Å². The van der Waals surface area contributed by atoms with E-state index in [2.05, 4.69) is 0 Å². The number of hydrogen-bond acceptors (Lipinski definition) is 6. The van der Waals surface area contributed by atoms with E-state index in [1.165, 1.54) is 0 Å². The lowest BCUT2D eigenvalue weighted by Crippen LogP contribution is -2.61. The van der Waals surface area contributed by atoms with E-state index in [1.54, 1.807) is 13.8 Å². The summed E-state index contributed by atoms with van der Waals surface area (Å²) in [7, 11) is 0. The molecule has 6 heteroatoms. The van der Waals surface area contributed by atoms with Crippen LogP contribution < -0.4 is 5.73 Å². The Morgan fingerprint density at radius 2 is 1.95 bits per heavy atom. The van der Waals surface area contributed by atoms with Crippen LogP contribution in [0.25, 0.3) is 0 Å². The summed E-state index contributed by atoms with van der Waals surface area (Å²) >= 11 is 0. The van der Waals surface area contributed by atoms with Gasteiger partial charge in [-0.1, -0.05) is 30.3 Å². The quantitative estimate of drug-likeness (QED) is 0.496. The van der Waals surface area contributed by atoms with Crippen LogP contribution in [0.1, 0.15) is 19.4 Å². The molecular formula is C16H21NO5. The van der Waals surface area contributed by atoms with E-state index in [1.807, 2.05) is 30.3 Å². The van der Waals surface area contributed by atoms with Crippen LogP contribution in [0.5, 0.6) is 0 Å². The molecule has 1 aliphatic heterocycles. The van der Waals surface area contributed by atoms with Crippen molar-refractivity contribution < 1.29 is 23.8 Å². The highest BCUT2D eigenvalue weighted by Gasteiger charge is 2.47. The third-order valence-electron chi connectivity index (χ3n) is 3.70. The van der Waals surface area contributed by atoms with E-state index in [9.17, 15) is 9.59 Å². The first-order valence-electron chi connectivity index (χ1n) is 7.11. The second-order valence-electron chi connectivity index (χ2n) is 5.83. The first-order chi connectivity index (χ1) is 10.4. The first kappa shape index (κ1) is 16.6. The highest BCUT2D eigenvalue weighted by molar-refractivity contribution is 5.98. The number of benzene rings is 1. The summed E-state index contributed by atoms with van der Waals surface area (Å²) in [6.45, 7) is 3.89. The molecule has 1 atom stereocenters. The fourth-order valence-corrected chi connectivity index (χ4v) is 2.13. The Morgan fingerprint density at radius 3 is 2.50 bits per heavy atom. The van der Waals surface area contributed by atoms with Gasteiger partial charge in [-0.15, -0.1) is 0 Å². The molecule has 22 heavy (non-hydrogen) atoms. The van der Waals surface area contributed by atoms with Crippen molar-refractivity contribution in [2.45, 2.75) is 31.8 Å². The average molecular weight is 307 g/mol. The molecule has 0 aliphatic carbocycles. The number of nitrogens with two attached hydrogens (primary N) is 1. The summed E-state index contributed by atoms with van der Waals surface area (Å²) in [4.78, 5) is 23.6. The largest absolute Gasteiger partial charge is 0.459 e. The van der Waals surface area contributed by atoms with Gasteiger partial charge < -0.3 is 24.7 Å². The Bertz CT molecular complexity index is 521. The molecule has 0 saturated carbocycles. The van der Waals surface area contributed by atoms with Gasteiger partial charge in [0.25, 0.3) is 0 Å². The average Bonchev–Trinajstić information content (AvgIpc) is 2.52. The third kappa shape index (κ3) is 3.71. The van der Waals surface area contributed by atoms with E-state index in [0.717, 1.165) is 5.56 Å². The van der Waals surface area contributed by atoms with Gasteiger partial charge in [-0.3, -0.25) is 0 Å². The molecule has 1 aromatic rings. The van der Waals surface area contributed by atoms with Crippen molar-refractivity contribution in [1.29, 1.82) is 0 Å². The Balaban J connectivity index is 1.99. The van der Waals surface area contributed by atoms with Gasteiger partial charge in [0.15, 0.2) is 17.6 Å². The van der Waals surface area contributed by atoms with Crippen LogP contribution in [0.4, 0.5) is 0 Å². The SMILES string of the molecule is CC1(C)OCC(C(N)(C=O)C(=O)OCc2ccccc2)CO1. The molecule has 120 valence electrons. The van der Waals surface area contributed by atoms with Crippen molar-refractivity contribution >= 4 is 12.3 Å². The number of carbonyl (C=O) groups excluding carboxylic acids is 2. The maximum absolute atomic E-state index is 12.2. The number of carbonyl (C=O) groups is 2. The van der Waals surface area contributed by atoms with Crippen LogP contribution in [0.15, 0.2) is 30.3 Å². The minimum atomic E-state index is -1.77. The van der Waals surface area contributed by atoms with Crippen LogP contribution in [0.2, 0.25) is 0 Å². The number of ether oxygens (including phenoxy) is 3. The summed E-state index contributed by atoms with van der Waals surface area (Å²) in [5.74, 6) is -2.10. The Kier molecular flexibility index (Phi) is 4.95. The Morgan fingerprint density at radius 1 is 1.36 bits per heavy atom. The van der Waals surface area contributed by atoms with Gasteiger partial charge in [-0.25, -0.2) is 4.79 Å². The van der Waals surface area contributed by atoms with Crippen LogP contribution in [-0.4, -0.2) is 36.8 Å². The summed E-state index contributed by atoms with van der Waals surface area (Å²) in [6, 6.07) is 9.18. The molecular weight excluding hydrogens is 286 g/mol. The molecule has 0 bridgehead atoms. The molecule has 0 amide bonds. The van der Waals surface area contributed by atoms with E-state index >= 15 is 0 Å². The van der Waals surface area contributed by atoms with Crippen molar-refractivity contribution in [3.63, 3.8) is 0 Å². The maximum Gasteiger partial charge on any atom is 0.334 e. The van der Waals surface area contributed by atoms with E-state index in [-0.39, 0.29) is 19.8 Å². The molecule has 1 unspecified atom stereocenters. The normalized spacial score (nSPS) is 20.9. The fraction of sp³-hybridized carbons (Fsp3) is 0.500. The second-order valence-corrected chi connectivity index (χ2v) is 5.83. The summed E-state index contributed by atoms with van der Waals surface area (Å²) in [5, 5.41) is 0. The standard InChI is InChI=1S/C16H21NO5/c1-15(2)21-9-13(10-22-15)16(17,11-18)14(19)20-8-12-6-4-3-5-7-12/h3-7,11,13H,8-10,17H2,1-2H3. The highest BCUT2D eigenvalue weighted by Crippen LogP contribution is 2.26. The molecule has 0 aromatic heterocycles. The molecule has 1 aromatic carbocycles. The lowest BCUT2D eigenvalue weighted by atomic mass is 9.86. The third-order valence-corrected chi connectivity index (χ3v) is 3.70. The van der Waals surface area contributed by atoms with Crippen molar-refractivity contribution in [2.24, 2.45) is 11.7 Å². The van der Waals surface area contributed by atoms with Crippen LogP contribution in [0.3, 0.4) is 0 Å². The van der Waals surface area contributed by atoms with Crippen LogP contribution in [-0.2, 0) is 30.4 Å². The minimum absolute atomic E-state index is 0.0619. The molecule has 1 aliphatic rings. The van der Waals surface area contributed by atoms with E-state index in [4.69, 9.17) is 19.9 Å². The summed E-state index contributed by atoms with van der Waals surface area (Å²) in [5.41, 5.74) is 5.01. The van der Waals surface area contributed by atoms with Gasteiger partial charge in [0, 0.05) is 5.92 Å². The van der Waals surface area contributed by atoms with Gasteiger partial charge in [-0.2, -0.15) is 0 Å². The molecule has 2 N–H and O–H groups in total. The van der Waals surface area contributed by atoms with Crippen molar-refractivity contribution in [3.8, 4) is 0 Å². The lowest BCUT2D eigenvalue weighted by Gasteiger charge is -2.39. The molecule has 1 fully saturated rings. The molecule has 0 radical (unpaired) electrons. The predicted octanol–water partition coefficient (Wildman–Crippen LogP) is 1.03. The number of rotatable bonds is 5. The van der Waals surface area contributed by atoms with Crippen LogP contribution >= 0.6 is 0 Å². The number of esters is 1. The zero-order chi connectivity index (χ0) is 16.2. The smallest absolute Gasteiger partial charge is 0.334 e. The van der Waals surface area contributed by atoms with Gasteiger partial charge >= 0.3 is 5.97 Å². The zero-order valence-electron chi connectivity index (χ0n) is 12.8. The molecule has 1 saturated heterocycles. The Labute approximate surface area is 129 Å². The van der Waals surface area contributed by atoms with E-state index in [0.29, 0.717) is 6.29 Å². The zero-order valence-corrected chi connectivity index (χ0v) is 12.8. The van der Waals surface area contributed by atoms with Crippen LogP contribution in [0, 0.1) is 5.92 Å². The Hall–Kier alpha value is -1.76. The molecule has 2 rings (SSSR count). The topological polar surface area (TPSA) is 87.9 Å². The number of aldehydes is 1.